The number of halogens is 1. The molecule has 0 N–H and O–H groups in total. The van der Waals surface area contributed by atoms with Gasteiger partial charge in [0.15, 0.2) is 0 Å². The molecule has 0 saturated carbocycles. The first-order valence-corrected chi connectivity index (χ1v) is 6.72. The molecule has 2 aromatic rings. The molecule has 0 spiro atoms. The molecule has 1 saturated heterocycles. The maximum absolute atomic E-state index is 13.5. The number of thiazole rings is 1. The highest BCUT2D eigenvalue weighted by Crippen LogP contribution is 2.22. The van der Waals surface area contributed by atoms with E-state index in [0.29, 0.717) is 18.3 Å². The number of carbonyl (C=O) groups is 1. The normalized spacial score (nSPS) is 15.1. The van der Waals surface area contributed by atoms with Crippen LogP contribution in [0.1, 0.15) is 10.4 Å². The molecule has 1 fully saturated rings. The maximum Gasteiger partial charge on any atom is 0.273 e. The van der Waals surface area contributed by atoms with Gasteiger partial charge < -0.3 is 9.64 Å². The highest BCUT2D eigenvalue weighted by molar-refractivity contribution is 7.11. The minimum atomic E-state index is -0.489. The van der Waals surface area contributed by atoms with Gasteiger partial charge in [-0.25, -0.2) is 9.37 Å². The van der Waals surface area contributed by atoms with E-state index >= 15 is 0 Å². The van der Waals surface area contributed by atoms with Crippen molar-refractivity contribution in [2.75, 3.05) is 13.1 Å². The lowest BCUT2D eigenvalue weighted by Crippen LogP contribution is -2.56. The number of rotatable bonds is 3. The van der Waals surface area contributed by atoms with Crippen molar-refractivity contribution in [3.05, 3.63) is 47.2 Å². The quantitative estimate of drug-likeness (QED) is 0.864. The average molecular weight is 278 g/mol. The van der Waals surface area contributed by atoms with Gasteiger partial charge in [-0.15, -0.1) is 0 Å². The number of hydrogen-bond acceptors (Lipinski definition) is 4. The monoisotopic (exact) mass is 278 g/mol. The zero-order valence-corrected chi connectivity index (χ0v) is 10.8. The van der Waals surface area contributed by atoms with Crippen LogP contribution in [0.4, 0.5) is 4.39 Å². The molecule has 0 unspecified atom stereocenters. The fraction of sp³-hybridized carbons (Fsp3) is 0.231. The van der Waals surface area contributed by atoms with E-state index < -0.39 is 5.82 Å². The minimum Gasteiger partial charge on any atom is -0.463 e. The van der Waals surface area contributed by atoms with Crippen molar-refractivity contribution in [3.63, 3.8) is 0 Å². The summed E-state index contributed by atoms with van der Waals surface area (Å²) in [5.74, 6) is -0.783. The molecule has 1 aliphatic heterocycles. The van der Waals surface area contributed by atoms with Gasteiger partial charge in [-0.1, -0.05) is 23.5 Å². The lowest BCUT2D eigenvalue weighted by atomic mass is 10.1. The second-order valence-electron chi connectivity index (χ2n) is 4.23. The zero-order valence-electron chi connectivity index (χ0n) is 9.95. The van der Waals surface area contributed by atoms with E-state index in [4.69, 9.17) is 4.74 Å². The highest BCUT2D eigenvalue weighted by atomic mass is 32.1. The number of amides is 1. The van der Waals surface area contributed by atoms with Gasteiger partial charge in [-0.3, -0.25) is 4.79 Å². The van der Waals surface area contributed by atoms with Crippen LogP contribution >= 0.6 is 11.3 Å². The number of nitrogens with zero attached hydrogens (tertiary/aromatic N) is 2. The van der Waals surface area contributed by atoms with E-state index in [1.807, 2.05) is 5.38 Å². The van der Waals surface area contributed by atoms with Gasteiger partial charge in [0.1, 0.15) is 11.9 Å². The molecule has 98 valence electrons. The van der Waals surface area contributed by atoms with Crippen molar-refractivity contribution in [1.82, 2.24) is 9.88 Å². The van der Waals surface area contributed by atoms with Crippen LogP contribution in [0.25, 0.3) is 0 Å². The van der Waals surface area contributed by atoms with Gasteiger partial charge in [0.25, 0.3) is 11.1 Å². The summed E-state index contributed by atoms with van der Waals surface area (Å²) in [5, 5.41) is 2.43. The van der Waals surface area contributed by atoms with E-state index in [-0.39, 0.29) is 17.6 Å². The summed E-state index contributed by atoms with van der Waals surface area (Å²) in [6, 6.07) is 6.00. The Labute approximate surface area is 113 Å². The van der Waals surface area contributed by atoms with Crippen LogP contribution in [0.2, 0.25) is 0 Å². The third-order valence-electron chi connectivity index (χ3n) is 2.92. The minimum absolute atomic E-state index is 0.0538. The molecule has 0 atom stereocenters. The number of ether oxygens (including phenoxy) is 1. The Balaban J connectivity index is 1.59. The lowest BCUT2D eigenvalue weighted by Gasteiger charge is -2.38. The van der Waals surface area contributed by atoms with E-state index in [9.17, 15) is 9.18 Å². The van der Waals surface area contributed by atoms with Crippen LogP contribution in [0.5, 0.6) is 5.19 Å². The summed E-state index contributed by atoms with van der Waals surface area (Å²) >= 11 is 1.41. The number of benzene rings is 1. The summed E-state index contributed by atoms with van der Waals surface area (Å²) < 4.78 is 19.0. The molecule has 1 amide bonds. The van der Waals surface area contributed by atoms with Gasteiger partial charge in [0.2, 0.25) is 0 Å². The van der Waals surface area contributed by atoms with Gasteiger partial charge in [0, 0.05) is 11.6 Å². The van der Waals surface area contributed by atoms with Crippen LogP contribution in [-0.2, 0) is 0 Å². The molecule has 1 aliphatic rings. The topological polar surface area (TPSA) is 42.4 Å². The van der Waals surface area contributed by atoms with Crippen molar-refractivity contribution in [1.29, 1.82) is 0 Å². The Morgan fingerprint density at radius 2 is 2.21 bits per heavy atom. The molecule has 2 heterocycles. The Hall–Kier alpha value is -1.95. The first-order chi connectivity index (χ1) is 9.24. The molecule has 4 nitrogen and oxygen atoms in total. The smallest absolute Gasteiger partial charge is 0.273 e. The first-order valence-electron chi connectivity index (χ1n) is 5.84. The van der Waals surface area contributed by atoms with Crippen LogP contribution in [0, 0.1) is 5.82 Å². The van der Waals surface area contributed by atoms with Crippen molar-refractivity contribution >= 4 is 17.2 Å². The van der Waals surface area contributed by atoms with E-state index in [2.05, 4.69) is 4.98 Å². The van der Waals surface area contributed by atoms with E-state index in [1.165, 1.54) is 23.5 Å². The maximum atomic E-state index is 13.5. The summed E-state index contributed by atoms with van der Waals surface area (Å²) in [6.07, 6.45) is 1.61. The van der Waals surface area contributed by atoms with E-state index in [1.54, 1.807) is 23.2 Å². The van der Waals surface area contributed by atoms with Gasteiger partial charge in [-0.2, -0.15) is 0 Å². The molecule has 3 rings (SSSR count). The number of carbonyl (C=O) groups excluding carboxylic acids is 1. The zero-order chi connectivity index (χ0) is 13.2. The summed E-state index contributed by atoms with van der Waals surface area (Å²) in [5.41, 5.74) is 0.107. The van der Waals surface area contributed by atoms with Crippen molar-refractivity contribution in [3.8, 4) is 5.19 Å². The molecule has 1 aromatic carbocycles. The Morgan fingerprint density at radius 3 is 2.89 bits per heavy atom. The molecule has 0 aliphatic carbocycles. The Morgan fingerprint density at radius 1 is 1.42 bits per heavy atom. The van der Waals surface area contributed by atoms with Gasteiger partial charge in [0.05, 0.1) is 18.7 Å². The second-order valence-corrected chi connectivity index (χ2v) is 5.08. The molecular weight excluding hydrogens is 267 g/mol. The standard InChI is InChI=1S/C13H11FN2O2S/c14-11-4-2-1-3-10(11)12(17)16-7-9(8-16)18-13-15-5-6-19-13/h1-6,9H,7-8H2. The highest BCUT2D eigenvalue weighted by Gasteiger charge is 2.34. The molecular formula is C13H11FN2O2S. The van der Waals surface area contributed by atoms with Crippen molar-refractivity contribution < 1.29 is 13.9 Å². The third-order valence-corrected chi connectivity index (χ3v) is 3.58. The van der Waals surface area contributed by atoms with Crippen LogP contribution in [0.3, 0.4) is 0 Å². The fourth-order valence-electron chi connectivity index (χ4n) is 1.89. The molecule has 6 heteroatoms. The largest absolute Gasteiger partial charge is 0.463 e. The molecule has 0 bridgehead atoms. The summed E-state index contributed by atoms with van der Waals surface area (Å²) in [6.45, 7) is 0.930. The van der Waals surface area contributed by atoms with E-state index in [0.717, 1.165) is 0 Å². The Kier molecular flexibility index (Phi) is 3.16. The summed E-state index contributed by atoms with van der Waals surface area (Å²) in [7, 11) is 0. The van der Waals surface area contributed by atoms with Gasteiger partial charge >= 0.3 is 0 Å². The fourth-order valence-corrected chi connectivity index (χ4v) is 2.45. The summed E-state index contributed by atoms with van der Waals surface area (Å²) in [4.78, 5) is 17.6. The predicted octanol–water partition coefficient (Wildman–Crippen LogP) is 2.19. The van der Waals surface area contributed by atoms with Gasteiger partial charge in [-0.05, 0) is 12.1 Å². The number of aromatic nitrogens is 1. The first kappa shape index (κ1) is 12.1. The Bertz CT molecular complexity index is 582. The molecule has 19 heavy (non-hydrogen) atoms. The van der Waals surface area contributed by atoms with Crippen LogP contribution in [0.15, 0.2) is 35.8 Å². The number of likely N-dealkylation sites (tertiary alicyclic amines) is 1. The lowest BCUT2D eigenvalue weighted by molar-refractivity contribution is 0.0173. The predicted molar refractivity (Wildman–Crippen MR) is 68.8 cm³/mol. The van der Waals surface area contributed by atoms with Crippen molar-refractivity contribution in [2.24, 2.45) is 0 Å². The molecule has 1 aromatic heterocycles. The van der Waals surface area contributed by atoms with Crippen LogP contribution < -0.4 is 4.74 Å². The average Bonchev–Trinajstić information content (AvgIpc) is 2.86. The van der Waals surface area contributed by atoms with Crippen molar-refractivity contribution in [2.45, 2.75) is 6.10 Å². The second kappa shape index (κ2) is 4.97. The third kappa shape index (κ3) is 2.44. The number of hydrogen-bond donors (Lipinski definition) is 0. The SMILES string of the molecule is O=C(c1ccccc1F)N1CC(Oc2nccs2)C1. The van der Waals surface area contributed by atoms with Crippen LogP contribution in [-0.4, -0.2) is 35.0 Å². The molecule has 0 radical (unpaired) electrons.